The van der Waals surface area contributed by atoms with Gasteiger partial charge in [-0.2, -0.15) is 0 Å². The van der Waals surface area contributed by atoms with Gasteiger partial charge in [0.25, 0.3) is 0 Å². The molecule has 1 aromatic heterocycles. The number of anilines is 1. The fourth-order valence-corrected chi connectivity index (χ4v) is 3.64. The highest BCUT2D eigenvalue weighted by Crippen LogP contribution is 2.21. The smallest absolute Gasteiger partial charge is 0.233 e. The minimum Gasteiger partial charge on any atom is -0.368 e. The summed E-state index contributed by atoms with van der Waals surface area (Å²) in [6.07, 6.45) is 3.86. The molecule has 4 nitrogen and oxygen atoms in total. The van der Waals surface area contributed by atoms with Crippen molar-refractivity contribution >= 4 is 39.3 Å². The van der Waals surface area contributed by atoms with Crippen LogP contribution in [0.3, 0.4) is 0 Å². The van der Waals surface area contributed by atoms with Gasteiger partial charge < -0.3 is 9.80 Å². The van der Waals surface area contributed by atoms with E-state index in [0.29, 0.717) is 5.75 Å². The first-order chi connectivity index (χ1) is 11.2. The summed E-state index contributed by atoms with van der Waals surface area (Å²) in [6.45, 7) is 3.36. The summed E-state index contributed by atoms with van der Waals surface area (Å²) >= 11 is 5.02. The van der Waals surface area contributed by atoms with E-state index in [0.717, 1.165) is 35.5 Å². The third-order valence-electron chi connectivity index (χ3n) is 3.87. The molecule has 1 aliphatic heterocycles. The van der Waals surface area contributed by atoms with Crippen molar-refractivity contribution < 1.29 is 9.78 Å². The van der Waals surface area contributed by atoms with Gasteiger partial charge >= 0.3 is 0 Å². The topological polar surface area (TPSA) is 37.7 Å². The van der Waals surface area contributed by atoms with Crippen LogP contribution in [0.25, 0.3) is 0 Å². The molecule has 23 heavy (non-hydrogen) atoms. The molecule has 6 heteroatoms. The summed E-state index contributed by atoms with van der Waals surface area (Å²) in [5, 5.41) is 0. The van der Waals surface area contributed by atoms with E-state index in [-0.39, 0.29) is 5.91 Å². The predicted octanol–water partition coefficient (Wildman–Crippen LogP) is 2.70. The van der Waals surface area contributed by atoms with Crippen LogP contribution in [0.1, 0.15) is 0 Å². The lowest BCUT2D eigenvalue weighted by Gasteiger charge is -2.35. The number of pyridine rings is 1. The zero-order chi connectivity index (χ0) is 16.1. The number of aromatic nitrogens is 1. The van der Waals surface area contributed by atoms with Gasteiger partial charge in [0.1, 0.15) is 0 Å². The van der Waals surface area contributed by atoms with E-state index >= 15 is 0 Å². The number of piperazine rings is 1. The number of aromatic amines is 1. The van der Waals surface area contributed by atoms with E-state index in [1.54, 1.807) is 11.8 Å². The van der Waals surface area contributed by atoms with E-state index in [9.17, 15) is 4.79 Å². The molecular weight excluding hydrogens is 374 g/mol. The van der Waals surface area contributed by atoms with E-state index in [4.69, 9.17) is 0 Å². The molecular formula is C17H19BrN3OS+. The van der Waals surface area contributed by atoms with Crippen molar-refractivity contribution in [2.75, 3.05) is 36.8 Å². The minimum absolute atomic E-state index is 0.221. The van der Waals surface area contributed by atoms with Crippen molar-refractivity contribution in [1.82, 2.24) is 4.90 Å². The first kappa shape index (κ1) is 16.3. The normalized spacial score (nSPS) is 14.8. The molecule has 0 bridgehead atoms. The lowest BCUT2D eigenvalue weighted by molar-refractivity contribution is -0.377. The van der Waals surface area contributed by atoms with Gasteiger partial charge in [0.15, 0.2) is 12.4 Å². The van der Waals surface area contributed by atoms with Crippen molar-refractivity contribution in [2.24, 2.45) is 0 Å². The Morgan fingerprint density at radius 2 is 1.70 bits per heavy atom. The van der Waals surface area contributed by atoms with Gasteiger partial charge in [-0.1, -0.05) is 15.9 Å². The average Bonchev–Trinajstić information content (AvgIpc) is 2.62. The van der Waals surface area contributed by atoms with Crippen LogP contribution in [0.5, 0.6) is 0 Å². The molecule has 1 aromatic carbocycles. The van der Waals surface area contributed by atoms with Crippen LogP contribution in [0, 0.1) is 0 Å². The van der Waals surface area contributed by atoms with Gasteiger partial charge in [0.05, 0.1) is 5.75 Å². The first-order valence-corrected chi connectivity index (χ1v) is 9.37. The van der Waals surface area contributed by atoms with Crippen LogP contribution in [-0.4, -0.2) is 42.7 Å². The fourth-order valence-electron chi connectivity index (χ4n) is 2.57. The molecule has 0 spiro atoms. The number of rotatable bonds is 4. The summed E-state index contributed by atoms with van der Waals surface area (Å²) in [6, 6.07) is 12.2. The minimum atomic E-state index is 0.221. The van der Waals surface area contributed by atoms with Crippen LogP contribution in [0.4, 0.5) is 5.69 Å². The van der Waals surface area contributed by atoms with Crippen molar-refractivity contribution in [2.45, 2.75) is 4.90 Å². The van der Waals surface area contributed by atoms with Crippen molar-refractivity contribution in [3.05, 3.63) is 53.3 Å². The van der Waals surface area contributed by atoms with E-state index < -0.39 is 0 Å². The Morgan fingerprint density at radius 3 is 2.35 bits per heavy atom. The molecule has 0 saturated carbocycles. The Labute approximate surface area is 149 Å². The Bertz CT molecular complexity index is 643. The van der Waals surface area contributed by atoms with Crippen LogP contribution >= 0.6 is 27.7 Å². The maximum atomic E-state index is 12.4. The highest BCUT2D eigenvalue weighted by atomic mass is 79.9. The number of hydrogen-bond acceptors (Lipinski definition) is 3. The van der Waals surface area contributed by atoms with E-state index in [1.807, 2.05) is 41.6 Å². The molecule has 2 heterocycles. The molecule has 3 rings (SSSR count). The highest BCUT2D eigenvalue weighted by molar-refractivity contribution is 9.10. The molecule has 1 aliphatic rings. The Hall–Kier alpha value is -1.53. The van der Waals surface area contributed by atoms with Crippen molar-refractivity contribution in [3.63, 3.8) is 0 Å². The third kappa shape index (κ3) is 4.48. The molecule has 0 unspecified atom stereocenters. The second-order valence-corrected chi connectivity index (χ2v) is 7.33. The zero-order valence-corrected chi connectivity index (χ0v) is 15.1. The summed E-state index contributed by atoms with van der Waals surface area (Å²) in [4.78, 5) is 20.8. The zero-order valence-electron chi connectivity index (χ0n) is 12.7. The molecule has 0 atom stereocenters. The van der Waals surface area contributed by atoms with Crippen molar-refractivity contribution in [1.29, 1.82) is 0 Å². The van der Waals surface area contributed by atoms with Gasteiger partial charge in [0, 0.05) is 53.4 Å². The number of halogens is 1. The SMILES string of the molecule is O=C(CSc1ccc(Br)cc1)N1CCN(c2cc[nH+]cc2)CC1. The molecule has 120 valence electrons. The van der Waals surface area contributed by atoms with Gasteiger partial charge in [-0.05, 0) is 24.3 Å². The molecule has 1 amide bonds. The monoisotopic (exact) mass is 392 g/mol. The summed E-state index contributed by atoms with van der Waals surface area (Å²) in [5.41, 5.74) is 1.21. The number of carbonyl (C=O) groups excluding carboxylic acids is 1. The Balaban J connectivity index is 1.47. The number of hydrogen-bond donors (Lipinski definition) is 0. The van der Waals surface area contributed by atoms with Crippen LogP contribution in [0.15, 0.2) is 58.2 Å². The summed E-state index contributed by atoms with van der Waals surface area (Å²) in [5.74, 6) is 0.723. The third-order valence-corrected chi connectivity index (χ3v) is 5.40. The predicted molar refractivity (Wildman–Crippen MR) is 96.7 cm³/mol. The second-order valence-electron chi connectivity index (χ2n) is 5.37. The van der Waals surface area contributed by atoms with Crippen LogP contribution < -0.4 is 9.88 Å². The molecule has 1 saturated heterocycles. The van der Waals surface area contributed by atoms with E-state index in [2.05, 4.69) is 37.9 Å². The quantitative estimate of drug-likeness (QED) is 0.750. The van der Waals surface area contributed by atoms with Gasteiger partial charge in [-0.15, -0.1) is 11.8 Å². The standard InChI is InChI=1S/C17H18BrN3OS/c18-14-1-3-16(4-2-14)23-13-17(22)21-11-9-20(10-12-21)15-5-7-19-8-6-15/h1-8H,9-13H2/p+1. The van der Waals surface area contributed by atoms with Crippen molar-refractivity contribution in [3.8, 4) is 0 Å². The van der Waals surface area contributed by atoms with Crippen LogP contribution in [-0.2, 0) is 4.79 Å². The maximum absolute atomic E-state index is 12.4. The van der Waals surface area contributed by atoms with Gasteiger partial charge in [0.2, 0.25) is 5.91 Å². The average molecular weight is 393 g/mol. The number of H-pyrrole nitrogens is 1. The molecule has 0 radical (unpaired) electrons. The second kappa shape index (κ2) is 7.84. The largest absolute Gasteiger partial charge is 0.368 e. The summed E-state index contributed by atoms with van der Waals surface area (Å²) < 4.78 is 1.06. The number of carbonyl (C=O) groups is 1. The maximum Gasteiger partial charge on any atom is 0.233 e. The number of thioether (sulfide) groups is 1. The van der Waals surface area contributed by atoms with Gasteiger partial charge in [-0.25, -0.2) is 4.98 Å². The molecule has 0 aliphatic carbocycles. The Kier molecular flexibility index (Phi) is 5.56. The lowest BCUT2D eigenvalue weighted by atomic mass is 10.2. The number of amides is 1. The number of nitrogens with zero attached hydrogens (tertiary/aromatic N) is 2. The number of benzene rings is 1. The highest BCUT2D eigenvalue weighted by Gasteiger charge is 2.21. The first-order valence-electron chi connectivity index (χ1n) is 7.59. The molecule has 1 fully saturated rings. The molecule has 2 aromatic rings. The summed E-state index contributed by atoms with van der Waals surface area (Å²) in [7, 11) is 0. The lowest BCUT2D eigenvalue weighted by Crippen LogP contribution is -2.49. The fraction of sp³-hybridized carbons (Fsp3) is 0.294. The molecule has 1 N–H and O–H groups in total. The Morgan fingerprint density at radius 1 is 1.04 bits per heavy atom. The van der Waals surface area contributed by atoms with Crippen LogP contribution in [0.2, 0.25) is 0 Å². The number of nitrogens with one attached hydrogen (secondary N) is 1. The van der Waals surface area contributed by atoms with E-state index in [1.165, 1.54) is 5.69 Å². The van der Waals surface area contributed by atoms with Gasteiger partial charge in [-0.3, -0.25) is 4.79 Å².